The van der Waals surface area contributed by atoms with Gasteiger partial charge < -0.3 is 10.6 Å². The molecule has 7 heteroatoms. The first-order valence-electron chi connectivity index (χ1n) is 6.06. The maximum absolute atomic E-state index is 12.0. The summed E-state index contributed by atoms with van der Waals surface area (Å²) in [5, 5.41) is 8.73. The number of thioether (sulfide) groups is 1. The van der Waals surface area contributed by atoms with Gasteiger partial charge in [-0.3, -0.25) is 14.9 Å². The van der Waals surface area contributed by atoms with Gasteiger partial charge in [-0.15, -0.1) is 24.2 Å². The molecule has 1 atom stereocenters. The van der Waals surface area contributed by atoms with Gasteiger partial charge >= 0.3 is 0 Å². The lowest BCUT2D eigenvalue weighted by atomic mass is 10.1. The number of aryl methyl sites for hydroxylation is 1. The molecule has 0 bridgehead atoms. The van der Waals surface area contributed by atoms with Gasteiger partial charge in [0.25, 0.3) is 0 Å². The van der Waals surface area contributed by atoms with E-state index in [-0.39, 0.29) is 30.3 Å². The standard InChI is InChI=1S/C13H17N3O2S.ClH/c1-8-3-4-10(15-9(2)17)5-11(8)16-13(18)12-6-19-7-14-12;/h3-5,12,14H,6-7H2,1-2H3,(H,15,17)(H,16,18);1H. The minimum absolute atomic E-state index is 0. The molecule has 1 fully saturated rings. The predicted molar refractivity (Wildman–Crippen MR) is 85.6 cm³/mol. The minimum atomic E-state index is -0.145. The molecule has 3 N–H and O–H groups in total. The van der Waals surface area contributed by atoms with Crippen molar-refractivity contribution >= 4 is 47.4 Å². The summed E-state index contributed by atoms with van der Waals surface area (Å²) in [6.07, 6.45) is 0. The number of carbonyl (C=O) groups excluding carboxylic acids is 2. The molecule has 2 rings (SSSR count). The van der Waals surface area contributed by atoms with Gasteiger partial charge in [0.15, 0.2) is 0 Å². The van der Waals surface area contributed by atoms with Crippen molar-refractivity contribution in [3.63, 3.8) is 0 Å². The second-order valence-corrected chi connectivity index (χ2v) is 5.50. The Kier molecular flexibility index (Phi) is 6.32. The van der Waals surface area contributed by atoms with Crippen LogP contribution in [-0.2, 0) is 9.59 Å². The minimum Gasteiger partial charge on any atom is -0.326 e. The third-order valence-electron chi connectivity index (χ3n) is 2.85. The highest BCUT2D eigenvalue weighted by atomic mass is 35.5. The van der Waals surface area contributed by atoms with Crippen LogP contribution in [0.1, 0.15) is 12.5 Å². The van der Waals surface area contributed by atoms with Gasteiger partial charge in [-0.2, -0.15) is 0 Å². The number of rotatable bonds is 3. The average molecular weight is 316 g/mol. The largest absolute Gasteiger partial charge is 0.326 e. The first-order chi connectivity index (χ1) is 9.06. The Balaban J connectivity index is 0.00000200. The second-order valence-electron chi connectivity index (χ2n) is 4.47. The summed E-state index contributed by atoms with van der Waals surface area (Å²) in [6, 6.07) is 5.32. The van der Waals surface area contributed by atoms with Crippen LogP contribution < -0.4 is 16.0 Å². The van der Waals surface area contributed by atoms with Crippen molar-refractivity contribution in [2.45, 2.75) is 19.9 Å². The Morgan fingerprint density at radius 1 is 1.35 bits per heavy atom. The van der Waals surface area contributed by atoms with Crippen molar-refractivity contribution in [2.24, 2.45) is 0 Å². The molecule has 20 heavy (non-hydrogen) atoms. The van der Waals surface area contributed by atoms with Gasteiger partial charge in [0.1, 0.15) is 0 Å². The summed E-state index contributed by atoms with van der Waals surface area (Å²) < 4.78 is 0. The van der Waals surface area contributed by atoms with E-state index >= 15 is 0 Å². The van der Waals surface area contributed by atoms with E-state index in [0.29, 0.717) is 5.69 Å². The Bertz CT molecular complexity index is 504. The number of amides is 2. The Morgan fingerprint density at radius 2 is 2.10 bits per heavy atom. The van der Waals surface area contributed by atoms with Crippen molar-refractivity contribution in [3.05, 3.63) is 23.8 Å². The van der Waals surface area contributed by atoms with Gasteiger partial charge in [-0.25, -0.2) is 0 Å². The molecule has 1 unspecified atom stereocenters. The summed E-state index contributed by atoms with van der Waals surface area (Å²) in [7, 11) is 0. The molecule has 0 radical (unpaired) electrons. The topological polar surface area (TPSA) is 70.2 Å². The number of nitrogens with one attached hydrogen (secondary N) is 3. The highest BCUT2D eigenvalue weighted by Gasteiger charge is 2.22. The fraction of sp³-hybridized carbons (Fsp3) is 0.385. The molecule has 1 aliphatic heterocycles. The maximum atomic E-state index is 12.0. The Morgan fingerprint density at radius 3 is 2.70 bits per heavy atom. The van der Waals surface area contributed by atoms with Crippen molar-refractivity contribution in [2.75, 3.05) is 22.3 Å². The third kappa shape index (κ3) is 4.40. The number of halogens is 1. The van der Waals surface area contributed by atoms with E-state index in [1.165, 1.54) is 6.92 Å². The highest BCUT2D eigenvalue weighted by molar-refractivity contribution is 7.99. The fourth-order valence-corrected chi connectivity index (χ4v) is 2.76. The van der Waals surface area contributed by atoms with E-state index in [0.717, 1.165) is 22.9 Å². The summed E-state index contributed by atoms with van der Waals surface area (Å²) in [6.45, 7) is 3.38. The molecule has 1 aromatic rings. The first-order valence-corrected chi connectivity index (χ1v) is 7.22. The van der Waals surface area contributed by atoms with Gasteiger partial charge in [-0.05, 0) is 24.6 Å². The van der Waals surface area contributed by atoms with Crippen molar-refractivity contribution in [3.8, 4) is 0 Å². The molecule has 0 spiro atoms. The number of hydrogen-bond acceptors (Lipinski definition) is 4. The molecule has 1 aromatic carbocycles. The fourth-order valence-electron chi connectivity index (χ4n) is 1.82. The molecule has 0 saturated carbocycles. The summed E-state index contributed by atoms with van der Waals surface area (Å²) in [5.41, 5.74) is 2.38. The predicted octanol–water partition coefficient (Wildman–Crippen LogP) is 1.98. The van der Waals surface area contributed by atoms with Gasteiger partial charge in [0, 0.05) is 29.9 Å². The maximum Gasteiger partial charge on any atom is 0.242 e. The second kappa shape index (κ2) is 7.52. The third-order valence-corrected chi connectivity index (χ3v) is 3.79. The zero-order chi connectivity index (χ0) is 13.8. The van der Waals surface area contributed by atoms with Crippen LogP contribution in [-0.4, -0.2) is 29.5 Å². The van der Waals surface area contributed by atoms with Gasteiger partial charge in [-0.1, -0.05) is 6.07 Å². The summed E-state index contributed by atoms with van der Waals surface area (Å²) in [4.78, 5) is 23.1. The lowest BCUT2D eigenvalue weighted by Gasteiger charge is -2.14. The van der Waals surface area contributed by atoms with Crippen LogP contribution in [0.25, 0.3) is 0 Å². The number of anilines is 2. The van der Waals surface area contributed by atoms with Crippen LogP contribution in [0.4, 0.5) is 11.4 Å². The van der Waals surface area contributed by atoms with E-state index in [2.05, 4.69) is 16.0 Å². The molecular formula is C13H18ClN3O2S. The van der Waals surface area contributed by atoms with Crippen LogP contribution in [0.15, 0.2) is 18.2 Å². The normalized spacial score (nSPS) is 17.2. The van der Waals surface area contributed by atoms with Gasteiger partial charge in [0.2, 0.25) is 11.8 Å². The zero-order valence-electron chi connectivity index (χ0n) is 11.4. The summed E-state index contributed by atoms with van der Waals surface area (Å²) >= 11 is 1.71. The molecular weight excluding hydrogens is 298 g/mol. The molecule has 5 nitrogen and oxygen atoms in total. The summed E-state index contributed by atoms with van der Waals surface area (Å²) in [5.74, 6) is 1.43. The Labute approximate surface area is 128 Å². The van der Waals surface area contributed by atoms with E-state index < -0.39 is 0 Å². The smallest absolute Gasteiger partial charge is 0.242 e. The van der Waals surface area contributed by atoms with Crippen LogP contribution in [0.3, 0.4) is 0 Å². The first kappa shape index (κ1) is 16.8. The van der Waals surface area contributed by atoms with Crippen LogP contribution in [0.2, 0.25) is 0 Å². The molecule has 1 aliphatic rings. The molecule has 1 saturated heterocycles. The van der Waals surface area contributed by atoms with Gasteiger partial charge in [0.05, 0.1) is 6.04 Å². The number of benzene rings is 1. The monoisotopic (exact) mass is 315 g/mol. The van der Waals surface area contributed by atoms with Crippen molar-refractivity contribution in [1.82, 2.24) is 5.32 Å². The Hall–Kier alpha value is -1.24. The number of hydrogen-bond donors (Lipinski definition) is 3. The van der Waals surface area contributed by atoms with Crippen molar-refractivity contribution in [1.29, 1.82) is 0 Å². The SMILES string of the molecule is CC(=O)Nc1ccc(C)c(NC(=O)C2CSCN2)c1.Cl. The average Bonchev–Trinajstić information content (AvgIpc) is 2.86. The van der Waals surface area contributed by atoms with Crippen LogP contribution >= 0.6 is 24.2 Å². The zero-order valence-corrected chi connectivity index (χ0v) is 13.0. The molecule has 1 heterocycles. The number of carbonyl (C=O) groups is 2. The highest BCUT2D eigenvalue weighted by Crippen LogP contribution is 2.21. The van der Waals surface area contributed by atoms with E-state index in [9.17, 15) is 9.59 Å². The molecule has 2 amide bonds. The van der Waals surface area contributed by atoms with E-state index in [1.54, 1.807) is 17.8 Å². The molecule has 0 aliphatic carbocycles. The van der Waals surface area contributed by atoms with E-state index in [1.807, 2.05) is 19.1 Å². The quantitative estimate of drug-likeness (QED) is 0.797. The van der Waals surface area contributed by atoms with Crippen LogP contribution in [0, 0.1) is 6.92 Å². The lowest BCUT2D eigenvalue weighted by Crippen LogP contribution is -2.37. The molecule has 110 valence electrons. The van der Waals surface area contributed by atoms with Crippen molar-refractivity contribution < 1.29 is 9.59 Å². The van der Waals surface area contributed by atoms with Crippen LogP contribution in [0.5, 0.6) is 0 Å². The lowest BCUT2D eigenvalue weighted by molar-refractivity contribution is -0.117. The molecule has 0 aromatic heterocycles. The van der Waals surface area contributed by atoms with E-state index in [4.69, 9.17) is 0 Å².